The fourth-order valence-corrected chi connectivity index (χ4v) is 1.60. The first-order valence-corrected chi connectivity index (χ1v) is 6.66. The van der Waals surface area contributed by atoms with Gasteiger partial charge < -0.3 is 11.7 Å². The number of carbonyl (C=O) groups is 1. The monoisotopic (exact) mass is 324 g/mol. The second-order valence-electron chi connectivity index (χ2n) is 3.78. The maximum Gasteiger partial charge on any atom is 2.00 e. The van der Waals surface area contributed by atoms with Crippen LogP contribution in [0.4, 0.5) is 0 Å². The molecule has 0 atom stereocenters. The van der Waals surface area contributed by atoms with E-state index >= 15 is 0 Å². The van der Waals surface area contributed by atoms with E-state index in [0.29, 0.717) is 12.5 Å². The molecule has 0 bridgehead atoms. The average Bonchev–Trinajstić information content (AvgIpc) is 2.47. The standard InChI is InChI=1S/C15H19O2.C2H5.Zn/c1-4-14(12(3)15(16)17-5-2)11-13-9-7-6-8-10-13;1-2;/h6-11H,4-5H2,1-3H3;1H2,2H3;/q2*-1;+2/b14-11-;;. The Morgan fingerprint density at radius 3 is 2.25 bits per heavy atom. The summed E-state index contributed by atoms with van der Waals surface area (Å²) in [6, 6.07) is 9.99. The first-order valence-electron chi connectivity index (χ1n) is 6.66. The second kappa shape index (κ2) is 12.9. The van der Waals surface area contributed by atoms with Gasteiger partial charge in [0.25, 0.3) is 5.97 Å². The fourth-order valence-electron chi connectivity index (χ4n) is 1.60. The first-order chi connectivity index (χ1) is 9.19. The van der Waals surface area contributed by atoms with Gasteiger partial charge in [-0.3, -0.25) is 4.79 Å². The zero-order valence-corrected chi connectivity index (χ0v) is 16.1. The van der Waals surface area contributed by atoms with E-state index in [1.165, 1.54) is 0 Å². The minimum absolute atomic E-state index is 0. The van der Waals surface area contributed by atoms with Gasteiger partial charge in [-0.15, -0.1) is 18.4 Å². The van der Waals surface area contributed by atoms with Crippen LogP contribution in [0.3, 0.4) is 0 Å². The van der Waals surface area contributed by atoms with Crippen LogP contribution in [0.2, 0.25) is 0 Å². The van der Waals surface area contributed by atoms with Crippen LogP contribution >= 0.6 is 0 Å². The van der Waals surface area contributed by atoms with Crippen LogP contribution < -0.4 is 0 Å². The molecule has 0 aliphatic rings. The van der Waals surface area contributed by atoms with Crippen LogP contribution in [0.15, 0.2) is 35.9 Å². The summed E-state index contributed by atoms with van der Waals surface area (Å²) < 4.78 is 5.01. The Kier molecular flexibility index (Phi) is 13.7. The molecule has 0 aliphatic heterocycles. The van der Waals surface area contributed by atoms with Crippen LogP contribution in [0.1, 0.15) is 39.7 Å². The molecule has 0 unspecified atom stereocenters. The molecule has 2 nitrogen and oxygen atoms in total. The summed E-state index contributed by atoms with van der Waals surface area (Å²) >= 11 is 0. The number of ether oxygens (including phenoxy) is 1. The van der Waals surface area contributed by atoms with Crippen LogP contribution in [-0.4, -0.2) is 12.6 Å². The maximum absolute atomic E-state index is 11.6. The molecule has 0 aliphatic carbocycles. The smallest absolute Gasteiger partial charge is 0.476 e. The Labute approximate surface area is 136 Å². The number of carbonyl (C=O) groups excluding carboxylic acids is 1. The molecule has 0 fully saturated rings. The van der Waals surface area contributed by atoms with Crippen molar-refractivity contribution in [3.8, 4) is 0 Å². The zero-order chi connectivity index (χ0) is 14.7. The normalized spacial score (nSPS) is 9.75. The van der Waals surface area contributed by atoms with Crippen LogP contribution in [0.25, 0.3) is 6.08 Å². The van der Waals surface area contributed by atoms with Crippen molar-refractivity contribution in [3.63, 3.8) is 0 Å². The molecule has 106 valence electrons. The molecule has 1 rings (SSSR count). The third kappa shape index (κ3) is 7.50. The van der Waals surface area contributed by atoms with Crippen molar-refractivity contribution in [2.45, 2.75) is 34.1 Å². The molecule has 0 N–H and O–H groups in total. The van der Waals surface area contributed by atoms with Crippen molar-refractivity contribution in [2.75, 3.05) is 6.61 Å². The summed E-state index contributed by atoms with van der Waals surface area (Å²) in [5.74, 6) is 0.467. The van der Waals surface area contributed by atoms with Crippen LogP contribution in [0, 0.1) is 12.8 Å². The fraction of sp³-hybridized carbons (Fsp3) is 0.353. The van der Waals surface area contributed by atoms with E-state index in [-0.39, 0.29) is 25.4 Å². The summed E-state index contributed by atoms with van der Waals surface area (Å²) in [4.78, 5) is 11.6. The van der Waals surface area contributed by atoms with Crippen molar-refractivity contribution in [2.24, 2.45) is 0 Å². The van der Waals surface area contributed by atoms with E-state index < -0.39 is 0 Å². The minimum Gasteiger partial charge on any atom is -0.476 e. The van der Waals surface area contributed by atoms with Gasteiger partial charge in [0, 0.05) is 0 Å². The van der Waals surface area contributed by atoms with Crippen molar-refractivity contribution in [3.05, 3.63) is 54.3 Å². The molecule has 3 heteroatoms. The van der Waals surface area contributed by atoms with Gasteiger partial charge in [-0.25, -0.2) is 0 Å². The summed E-state index contributed by atoms with van der Waals surface area (Å²) in [6.45, 7) is 11.1. The Morgan fingerprint density at radius 2 is 1.80 bits per heavy atom. The quantitative estimate of drug-likeness (QED) is 0.453. The third-order valence-corrected chi connectivity index (χ3v) is 2.58. The Hall–Kier alpha value is -1.08. The molecular weight excluding hydrogens is 302 g/mol. The molecule has 0 radical (unpaired) electrons. The van der Waals surface area contributed by atoms with Gasteiger partial charge in [0.15, 0.2) is 0 Å². The van der Waals surface area contributed by atoms with E-state index in [1.807, 2.05) is 57.2 Å². The number of esters is 1. The maximum atomic E-state index is 11.6. The number of hydrogen-bond acceptors (Lipinski definition) is 2. The van der Waals surface area contributed by atoms with Crippen LogP contribution in [0.5, 0.6) is 0 Å². The van der Waals surface area contributed by atoms with Gasteiger partial charge in [-0.1, -0.05) is 43.7 Å². The topological polar surface area (TPSA) is 26.3 Å². The molecule has 0 aromatic heterocycles. The van der Waals surface area contributed by atoms with Gasteiger partial charge in [-0.05, 0) is 6.92 Å². The van der Waals surface area contributed by atoms with Crippen molar-refractivity contribution in [1.82, 2.24) is 0 Å². The third-order valence-electron chi connectivity index (χ3n) is 2.58. The Bertz CT molecular complexity index is 385. The van der Waals surface area contributed by atoms with Gasteiger partial charge in [0.05, 0.1) is 6.61 Å². The van der Waals surface area contributed by atoms with E-state index in [0.717, 1.165) is 17.6 Å². The zero-order valence-electron chi connectivity index (χ0n) is 13.1. The van der Waals surface area contributed by atoms with Gasteiger partial charge >= 0.3 is 19.5 Å². The average molecular weight is 326 g/mol. The van der Waals surface area contributed by atoms with Gasteiger partial charge in [-0.2, -0.15) is 18.6 Å². The molecule has 0 saturated heterocycles. The SMILES string of the molecule is CCOC(=O)[C-](C)/C(=C\c1ccccc1)CC.[CH2-]C.[Zn+2]. The molecule has 20 heavy (non-hydrogen) atoms. The minimum atomic E-state index is -0.225. The Morgan fingerprint density at radius 1 is 1.25 bits per heavy atom. The van der Waals surface area contributed by atoms with Gasteiger partial charge in [0.1, 0.15) is 0 Å². The molecule has 0 spiro atoms. The Balaban J connectivity index is 0. The summed E-state index contributed by atoms with van der Waals surface area (Å²) in [6.07, 6.45) is 2.85. The van der Waals surface area contributed by atoms with Crippen molar-refractivity contribution < 1.29 is 29.0 Å². The molecule has 0 saturated carbocycles. The second-order valence-corrected chi connectivity index (χ2v) is 3.78. The largest absolute Gasteiger partial charge is 2.00 e. The molecule has 1 aromatic rings. The van der Waals surface area contributed by atoms with Gasteiger partial charge in [0.2, 0.25) is 0 Å². The van der Waals surface area contributed by atoms with E-state index in [1.54, 1.807) is 6.92 Å². The van der Waals surface area contributed by atoms with Crippen molar-refractivity contribution in [1.29, 1.82) is 0 Å². The predicted molar refractivity (Wildman–Crippen MR) is 81.3 cm³/mol. The summed E-state index contributed by atoms with van der Waals surface area (Å²) in [7, 11) is 0. The number of benzene rings is 1. The summed E-state index contributed by atoms with van der Waals surface area (Å²) in [5.41, 5.74) is 2.13. The van der Waals surface area contributed by atoms with E-state index in [9.17, 15) is 4.79 Å². The molecular formula is C17H24O2Zn. The number of hydrogen-bond donors (Lipinski definition) is 0. The van der Waals surface area contributed by atoms with E-state index in [2.05, 4.69) is 6.92 Å². The van der Waals surface area contributed by atoms with Crippen LogP contribution in [-0.2, 0) is 29.0 Å². The first kappa shape index (κ1) is 21.2. The molecule has 0 heterocycles. The predicted octanol–water partition coefficient (Wildman–Crippen LogP) is 4.48. The summed E-state index contributed by atoms with van der Waals surface area (Å²) in [5, 5.41) is 0. The molecule has 1 aromatic carbocycles. The number of rotatable bonds is 5. The molecule has 0 amide bonds. The van der Waals surface area contributed by atoms with Crippen molar-refractivity contribution >= 4 is 12.0 Å². The van der Waals surface area contributed by atoms with E-state index in [4.69, 9.17) is 4.74 Å².